The van der Waals surface area contributed by atoms with Crippen LogP contribution in [0.5, 0.6) is 0 Å². The highest BCUT2D eigenvalue weighted by atomic mass is 16.3. The van der Waals surface area contributed by atoms with Crippen LogP contribution in [0.2, 0.25) is 0 Å². The second-order valence-electron chi connectivity index (χ2n) is 4.97. The molecule has 1 aromatic carbocycles. The van der Waals surface area contributed by atoms with E-state index in [0.717, 1.165) is 6.54 Å². The van der Waals surface area contributed by atoms with E-state index in [-0.39, 0.29) is 0 Å². The van der Waals surface area contributed by atoms with Crippen molar-refractivity contribution in [1.29, 1.82) is 0 Å². The van der Waals surface area contributed by atoms with Gasteiger partial charge in [-0.3, -0.25) is 4.90 Å². The van der Waals surface area contributed by atoms with E-state index in [1.165, 1.54) is 11.1 Å². The third kappa shape index (κ3) is 4.96. The molecule has 1 aromatic rings. The summed E-state index contributed by atoms with van der Waals surface area (Å²) in [6.07, 6.45) is 0. The van der Waals surface area contributed by atoms with Gasteiger partial charge >= 0.3 is 0 Å². The summed E-state index contributed by atoms with van der Waals surface area (Å²) in [4.78, 5) is 2.13. The molecule has 2 heteroatoms. The van der Waals surface area contributed by atoms with Gasteiger partial charge in [-0.05, 0) is 33.4 Å². The molecule has 0 radical (unpaired) electrons. The van der Waals surface area contributed by atoms with Crippen molar-refractivity contribution in [2.24, 2.45) is 0 Å². The zero-order chi connectivity index (χ0) is 11.5. The minimum atomic E-state index is -0.626. The Morgan fingerprint density at radius 2 is 1.73 bits per heavy atom. The molecule has 0 fully saturated rings. The van der Waals surface area contributed by atoms with E-state index in [2.05, 4.69) is 36.1 Å². The Labute approximate surface area is 92.5 Å². The highest BCUT2D eigenvalue weighted by molar-refractivity contribution is 5.21. The fraction of sp³-hybridized carbons (Fsp3) is 0.538. The Kier molecular flexibility index (Phi) is 3.89. The van der Waals surface area contributed by atoms with Crippen LogP contribution in [0.15, 0.2) is 24.3 Å². The smallest absolute Gasteiger partial charge is 0.0718 e. The van der Waals surface area contributed by atoms with Crippen LogP contribution in [0.4, 0.5) is 0 Å². The average molecular weight is 207 g/mol. The highest BCUT2D eigenvalue weighted by Crippen LogP contribution is 2.09. The van der Waals surface area contributed by atoms with Gasteiger partial charge in [0.05, 0.1) is 5.60 Å². The van der Waals surface area contributed by atoms with Crippen LogP contribution < -0.4 is 0 Å². The van der Waals surface area contributed by atoms with Gasteiger partial charge in [-0.25, -0.2) is 0 Å². The molecule has 0 unspecified atom stereocenters. The van der Waals surface area contributed by atoms with Gasteiger partial charge in [0.2, 0.25) is 0 Å². The minimum absolute atomic E-state index is 0.626. The van der Waals surface area contributed by atoms with Gasteiger partial charge in [-0.2, -0.15) is 0 Å². The van der Waals surface area contributed by atoms with E-state index in [0.29, 0.717) is 6.54 Å². The van der Waals surface area contributed by atoms with Gasteiger partial charge in [0, 0.05) is 13.1 Å². The van der Waals surface area contributed by atoms with E-state index in [9.17, 15) is 5.11 Å². The lowest BCUT2D eigenvalue weighted by Gasteiger charge is -2.25. The van der Waals surface area contributed by atoms with Crippen molar-refractivity contribution in [3.05, 3.63) is 35.4 Å². The van der Waals surface area contributed by atoms with E-state index in [1.54, 1.807) is 0 Å². The summed E-state index contributed by atoms with van der Waals surface area (Å²) in [5.74, 6) is 0. The summed E-state index contributed by atoms with van der Waals surface area (Å²) in [6, 6.07) is 8.51. The molecule has 0 amide bonds. The van der Waals surface area contributed by atoms with Gasteiger partial charge < -0.3 is 5.11 Å². The lowest BCUT2D eigenvalue weighted by atomic mass is 10.1. The van der Waals surface area contributed by atoms with E-state index in [1.807, 2.05) is 20.9 Å². The molecule has 0 saturated heterocycles. The van der Waals surface area contributed by atoms with Crippen molar-refractivity contribution in [1.82, 2.24) is 4.90 Å². The first-order valence-corrected chi connectivity index (χ1v) is 5.33. The number of likely N-dealkylation sites (N-methyl/N-ethyl adjacent to an activating group) is 1. The number of aliphatic hydroxyl groups is 1. The first-order chi connectivity index (χ1) is 6.87. The van der Waals surface area contributed by atoms with Crippen molar-refractivity contribution in [2.45, 2.75) is 32.9 Å². The predicted molar refractivity (Wildman–Crippen MR) is 63.8 cm³/mol. The van der Waals surface area contributed by atoms with E-state index in [4.69, 9.17) is 0 Å². The van der Waals surface area contributed by atoms with Gasteiger partial charge in [-0.1, -0.05) is 29.8 Å². The average Bonchev–Trinajstić information content (AvgIpc) is 2.05. The van der Waals surface area contributed by atoms with Crippen LogP contribution in [0, 0.1) is 6.92 Å². The van der Waals surface area contributed by atoms with Crippen molar-refractivity contribution >= 4 is 0 Å². The topological polar surface area (TPSA) is 23.5 Å². The molecule has 0 spiro atoms. The fourth-order valence-electron chi connectivity index (χ4n) is 1.72. The first-order valence-electron chi connectivity index (χ1n) is 5.33. The van der Waals surface area contributed by atoms with Crippen LogP contribution in [0.3, 0.4) is 0 Å². The molecule has 15 heavy (non-hydrogen) atoms. The maximum Gasteiger partial charge on any atom is 0.0718 e. The number of hydrogen-bond donors (Lipinski definition) is 1. The van der Waals surface area contributed by atoms with Crippen molar-refractivity contribution in [3.63, 3.8) is 0 Å². The largest absolute Gasteiger partial charge is 0.389 e. The number of nitrogens with zero attached hydrogens (tertiary/aromatic N) is 1. The first kappa shape index (κ1) is 12.2. The summed E-state index contributed by atoms with van der Waals surface area (Å²) < 4.78 is 0. The van der Waals surface area contributed by atoms with Crippen LogP contribution >= 0.6 is 0 Å². The second-order valence-corrected chi connectivity index (χ2v) is 4.97. The summed E-state index contributed by atoms with van der Waals surface area (Å²) in [5, 5.41) is 9.67. The van der Waals surface area contributed by atoms with Crippen LogP contribution in [-0.4, -0.2) is 29.2 Å². The summed E-state index contributed by atoms with van der Waals surface area (Å²) in [6.45, 7) is 7.31. The lowest BCUT2D eigenvalue weighted by molar-refractivity contribution is 0.0425. The molecule has 0 atom stereocenters. The van der Waals surface area contributed by atoms with Gasteiger partial charge in [0.1, 0.15) is 0 Å². The molecule has 0 bridgehead atoms. The Morgan fingerprint density at radius 1 is 1.20 bits per heavy atom. The lowest BCUT2D eigenvalue weighted by Crippen LogP contribution is -2.35. The number of hydrogen-bond acceptors (Lipinski definition) is 2. The fourth-order valence-corrected chi connectivity index (χ4v) is 1.72. The number of rotatable bonds is 4. The van der Waals surface area contributed by atoms with Crippen LogP contribution in [0.25, 0.3) is 0 Å². The predicted octanol–water partition coefficient (Wildman–Crippen LogP) is 2.20. The zero-order valence-electron chi connectivity index (χ0n) is 10.1. The molecule has 0 aliphatic carbocycles. The molecule has 0 aliphatic rings. The third-order valence-corrected chi connectivity index (χ3v) is 2.23. The van der Waals surface area contributed by atoms with E-state index < -0.39 is 5.60 Å². The van der Waals surface area contributed by atoms with Gasteiger partial charge in [-0.15, -0.1) is 0 Å². The molecular formula is C13H21NO. The molecule has 2 nitrogen and oxygen atoms in total. The summed E-state index contributed by atoms with van der Waals surface area (Å²) in [5.41, 5.74) is 1.94. The molecule has 1 N–H and O–H groups in total. The number of aryl methyl sites for hydroxylation is 1. The SMILES string of the molecule is Cc1ccc(CN(C)CC(C)(C)O)cc1. The standard InChI is InChI=1S/C13H21NO/c1-11-5-7-12(8-6-11)9-14(4)10-13(2,3)15/h5-8,15H,9-10H2,1-4H3. The summed E-state index contributed by atoms with van der Waals surface area (Å²) >= 11 is 0. The molecule has 0 aliphatic heterocycles. The Balaban J connectivity index is 2.51. The minimum Gasteiger partial charge on any atom is -0.389 e. The van der Waals surface area contributed by atoms with Crippen LogP contribution in [-0.2, 0) is 6.54 Å². The zero-order valence-corrected chi connectivity index (χ0v) is 10.1. The van der Waals surface area contributed by atoms with E-state index >= 15 is 0 Å². The monoisotopic (exact) mass is 207 g/mol. The van der Waals surface area contributed by atoms with Crippen molar-refractivity contribution < 1.29 is 5.11 Å². The summed E-state index contributed by atoms with van der Waals surface area (Å²) in [7, 11) is 2.03. The van der Waals surface area contributed by atoms with Crippen molar-refractivity contribution in [3.8, 4) is 0 Å². The van der Waals surface area contributed by atoms with Crippen molar-refractivity contribution in [2.75, 3.05) is 13.6 Å². The Morgan fingerprint density at radius 3 is 2.20 bits per heavy atom. The quantitative estimate of drug-likeness (QED) is 0.818. The molecule has 1 rings (SSSR count). The normalized spacial score (nSPS) is 12.1. The van der Waals surface area contributed by atoms with Crippen LogP contribution in [0.1, 0.15) is 25.0 Å². The maximum absolute atomic E-state index is 9.67. The maximum atomic E-state index is 9.67. The number of benzene rings is 1. The molecule has 0 heterocycles. The Bertz CT molecular complexity index is 297. The molecule has 0 aromatic heterocycles. The van der Waals surface area contributed by atoms with Gasteiger partial charge in [0.15, 0.2) is 0 Å². The Hall–Kier alpha value is -0.860. The second kappa shape index (κ2) is 4.77. The highest BCUT2D eigenvalue weighted by Gasteiger charge is 2.15. The molecule has 84 valence electrons. The molecule has 0 saturated carbocycles. The third-order valence-electron chi connectivity index (χ3n) is 2.23. The van der Waals surface area contributed by atoms with Gasteiger partial charge in [0.25, 0.3) is 0 Å². The molecular weight excluding hydrogens is 186 g/mol.